The number of rotatable bonds is 5. The molecule has 1 aromatic rings. The Hall–Kier alpha value is -0.820. The van der Waals surface area contributed by atoms with Gasteiger partial charge in [0.2, 0.25) is 0 Å². The third-order valence-corrected chi connectivity index (χ3v) is 2.51. The fourth-order valence-electron chi connectivity index (χ4n) is 1.63. The second-order valence-electron chi connectivity index (χ2n) is 3.93. The van der Waals surface area contributed by atoms with Crippen LogP contribution < -0.4 is 0 Å². The third-order valence-electron chi connectivity index (χ3n) is 2.51. The molecule has 0 bridgehead atoms. The summed E-state index contributed by atoms with van der Waals surface area (Å²) in [6.45, 7) is 4.24. The summed E-state index contributed by atoms with van der Waals surface area (Å²) in [5, 5.41) is 9.87. The molecule has 0 saturated carbocycles. The van der Waals surface area contributed by atoms with Crippen molar-refractivity contribution in [1.82, 2.24) is 0 Å². The van der Waals surface area contributed by atoms with Gasteiger partial charge in [-0.15, -0.1) is 0 Å². The fraction of sp³-hybridized carbons (Fsp3) is 0.538. The standard InChI is InChI=1S/C13H20O/c1-3-4-5-9-13(14)12-8-6-7-11(2)10-12/h6-8,10,13-14H,3-5,9H2,1-2H3/t13-/m1/s1. The van der Waals surface area contributed by atoms with Crippen LogP contribution in [0.5, 0.6) is 0 Å². The molecule has 1 atom stereocenters. The van der Waals surface area contributed by atoms with Crippen LogP contribution in [0.3, 0.4) is 0 Å². The Kier molecular flexibility index (Phi) is 4.68. The number of aliphatic hydroxyl groups excluding tert-OH is 1. The van der Waals surface area contributed by atoms with Gasteiger partial charge in [-0.2, -0.15) is 0 Å². The molecule has 1 N–H and O–H groups in total. The first-order valence-corrected chi connectivity index (χ1v) is 5.48. The van der Waals surface area contributed by atoms with Crippen LogP contribution in [0, 0.1) is 6.92 Å². The van der Waals surface area contributed by atoms with E-state index >= 15 is 0 Å². The van der Waals surface area contributed by atoms with E-state index in [1.54, 1.807) is 0 Å². The van der Waals surface area contributed by atoms with Crippen LogP contribution in [0.25, 0.3) is 0 Å². The van der Waals surface area contributed by atoms with Crippen LogP contribution in [-0.2, 0) is 0 Å². The lowest BCUT2D eigenvalue weighted by Crippen LogP contribution is -1.97. The summed E-state index contributed by atoms with van der Waals surface area (Å²) in [7, 11) is 0. The highest BCUT2D eigenvalue weighted by atomic mass is 16.3. The number of aliphatic hydroxyl groups is 1. The summed E-state index contributed by atoms with van der Waals surface area (Å²) in [6.07, 6.45) is 4.15. The van der Waals surface area contributed by atoms with Crippen LogP contribution >= 0.6 is 0 Å². The first-order chi connectivity index (χ1) is 6.74. The molecule has 0 saturated heterocycles. The van der Waals surface area contributed by atoms with Crippen LogP contribution in [-0.4, -0.2) is 5.11 Å². The van der Waals surface area contributed by atoms with Gasteiger partial charge in [0.25, 0.3) is 0 Å². The number of benzene rings is 1. The van der Waals surface area contributed by atoms with E-state index in [4.69, 9.17) is 0 Å². The highest BCUT2D eigenvalue weighted by Gasteiger charge is 2.06. The molecule has 1 rings (SSSR count). The third kappa shape index (κ3) is 3.51. The summed E-state index contributed by atoms with van der Waals surface area (Å²) >= 11 is 0. The average molecular weight is 192 g/mol. The van der Waals surface area contributed by atoms with Crippen molar-refractivity contribution in [3.05, 3.63) is 35.4 Å². The maximum atomic E-state index is 9.87. The second kappa shape index (κ2) is 5.82. The summed E-state index contributed by atoms with van der Waals surface area (Å²) in [5.41, 5.74) is 2.28. The van der Waals surface area contributed by atoms with Crippen molar-refractivity contribution >= 4 is 0 Å². The normalized spacial score (nSPS) is 12.8. The molecule has 0 radical (unpaired) electrons. The van der Waals surface area contributed by atoms with E-state index in [9.17, 15) is 5.11 Å². The topological polar surface area (TPSA) is 20.2 Å². The molecule has 0 aliphatic carbocycles. The number of aryl methyl sites for hydroxylation is 1. The summed E-state index contributed by atoms with van der Waals surface area (Å²) < 4.78 is 0. The number of hydrogen-bond acceptors (Lipinski definition) is 1. The predicted molar refractivity (Wildman–Crippen MR) is 60.3 cm³/mol. The molecule has 0 amide bonds. The van der Waals surface area contributed by atoms with Crippen molar-refractivity contribution in [3.63, 3.8) is 0 Å². The molecular formula is C13H20O. The lowest BCUT2D eigenvalue weighted by molar-refractivity contribution is 0.163. The quantitative estimate of drug-likeness (QED) is 0.707. The lowest BCUT2D eigenvalue weighted by Gasteiger charge is -2.10. The minimum absolute atomic E-state index is 0.276. The predicted octanol–water partition coefficient (Wildman–Crippen LogP) is 3.61. The van der Waals surface area contributed by atoms with Crippen LogP contribution in [0.4, 0.5) is 0 Å². The van der Waals surface area contributed by atoms with Gasteiger partial charge in [0.05, 0.1) is 6.10 Å². The molecule has 1 nitrogen and oxygen atoms in total. The number of hydrogen-bond donors (Lipinski definition) is 1. The molecule has 1 aromatic carbocycles. The van der Waals surface area contributed by atoms with E-state index in [0.717, 1.165) is 18.4 Å². The molecule has 0 aromatic heterocycles. The van der Waals surface area contributed by atoms with E-state index < -0.39 is 0 Å². The first kappa shape index (κ1) is 11.3. The minimum atomic E-state index is -0.276. The molecule has 1 heteroatoms. The average Bonchev–Trinajstić information content (AvgIpc) is 2.18. The summed E-state index contributed by atoms with van der Waals surface area (Å²) in [4.78, 5) is 0. The molecule has 0 unspecified atom stereocenters. The first-order valence-electron chi connectivity index (χ1n) is 5.48. The lowest BCUT2D eigenvalue weighted by atomic mass is 10.0. The van der Waals surface area contributed by atoms with Crippen LogP contribution in [0.1, 0.15) is 49.8 Å². The van der Waals surface area contributed by atoms with Gasteiger partial charge in [0.15, 0.2) is 0 Å². The van der Waals surface area contributed by atoms with Gasteiger partial charge in [-0.05, 0) is 18.9 Å². The van der Waals surface area contributed by atoms with E-state index in [1.165, 1.54) is 18.4 Å². The SMILES string of the molecule is CCCCC[C@@H](O)c1cccc(C)c1. The Morgan fingerprint density at radius 3 is 2.71 bits per heavy atom. The van der Waals surface area contributed by atoms with Crippen molar-refractivity contribution in [3.8, 4) is 0 Å². The van der Waals surface area contributed by atoms with E-state index in [-0.39, 0.29) is 6.10 Å². The highest BCUT2D eigenvalue weighted by molar-refractivity contribution is 5.23. The highest BCUT2D eigenvalue weighted by Crippen LogP contribution is 2.20. The van der Waals surface area contributed by atoms with E-state index in [2.05, 4.69) is 26.0 Å². The van der Waals surface area contributed by atoms with Gasteiger partial charge in [-0.25, -0.2) is 0 Å². The maximum Gasteiger partial charge on any atom is 0.0790 e. The Morgan fingerprint density at radius 1 is 1.29 bits per heavy atom. The second-order valence-corrected chi connectivity index (χ2v) is 3.93. The molecule has 0 fully saturated rings. The zero-order valence-electron chi connectivity index (χ0n) is 9.16. The Labute approximate surface area is 86.8 Å². The number of unbranched alkanes of at least 4 members (excludes halogenated alkanes) is 2. The molecule has 78 valence electrons. The summed E-state index contributed by atoms with van der Waals surface area (Å²) in [6, 6.07) is 8.14. The minimum Gasteiger partial charge on any atom is -0.388 e. The fourth-order valence-corrected chi connectivity index (χ4v) is 1.63. The van der Waals surface area contributed by atoms with Gasteiger partial charge in [-0.1, -0.05) is 56.0 Å². The molecular weight excluding hydrogens is 172 g/mol. The smallest absolute Gasteiger partial charge is 0.0790 e. The Balaban J connectivity index is 2.47. The van der Waals surface area contributed by atoms with E-state index in [0.29, 0.717) is 0 Å². The summed E-state index contributed by atoms with van der Waals surface area (Å²) in [5.74, 6) is 0. The largest absolute Gasteiger partial charge is 0.388 e. The monoisotopic (exact) mass is 192 g/mol. The van der Waals surface area contributed by atoms with Gasteiger partial charge >= 0.3 is 0 Å². The van der Waals surface area contributed by atoms with Gasteiger partial charge in [0, 0.05) is 0 Å². The molecule has 0 aliphatic rings. The zero-order valence-corrected chi connectivity index (χ0v) is 9.16. The van der Waals surface area contributed by atoms with Crippen molar-refractivity contribution in [1.29, 1.82) is 0 Å². The van der Waals surface area contributed by atoms with E-state index in [1.807, 2.05) is 12.1 Å². The molecule has 0 aliphatic heterocycles. The van der Waals surface area contributed by atoms with Crippen molar-refractivity contribution in [2.75, 3.05) is 0 Å². The van der Waals surface area contributed by atoms with Gasteiger partial charge < -0.3 is 5.11 Å². The van der Waals surface area contributed by atoms with Crippen LogP contribution in [0.15, 0.2) is 24.3 Å². The molecule has 0 heterocycles. The van der Waals surface area contributed by atoms with Crippen molar-refractivity contribution in [2.24, 2.45) is 0 Å². The maximum absolute atomic E-state index is 9.87. The van der Waals surface area contributed by atoms with Gasteiger partial charge in [0.1, 0.15) is 0 Å². The molecule has 14 heavy (non-hydrogen) atoms. The van der Waals surface area contributed by atoms with Crippen LogP contribution in [0.2, 0.25) is 0 Å². The zero-order chi connectivity index (χ0) is 10.4. The van der Waals surface area contributed by atoms with Crippen molar-refractivity contribution in [2.45, 2.75) is 45.6 Å². The van der Waals surface area contributed by atoms with Gasteiger partial charge in [-0.3, -0.25) is 0 Å². The molecule has 0 spiro atoms. The Morgan fingerprint density at radius 2 is 2.07 bits per heavy atom. The van der Waals surface area contributed by atoms with Crippen molar-refractivity contribution < 1.29 is 5.11 Å². The Bertz CT molecular complexity index is 268.